The highest BCUT2D eigenvalue weighted by atomic mass is 16.3. The Morgan fingerprint density at radius 2 is 2.44 bits per heavy atom. The molecule has 50 valence electrons. The summed E-state index contributed by atoms with van der Waals surface area (Å²) in [6.45, 7) is 6.00. The molecule has 0 spiro atoms. The zero-order valence-electron chi connectivity index (χ0n) is 5.54. The fourth-order valence-corrected chi connectivity index (χ4v) is 0.349. The standard InChI is InChI=1S/C7H11NO/c1-3-5-7(9)6-8-4-2/h3,5-6,9H,1,4H2,2H3/b7-5+,8-6?. The van der Waals surface area contributed by atoms with E-state index in [2.05, 4.69) is 11.6 Å². The maximum absolute atomic E-state index is 8.82. The van der Waals surface area contributed by atoms with Gasteiger partial charge in [-0.3, -0.25) is 4.99 Å². The third-order valence-corrected chi connectivity index (χ3v) is 0.695. The maximum Gasteiger partial charge on any atom is 0.133 e. The van der Waals surface area contributed by atoms with Crippen LogP contribution in [0.5, 0.6) is 0 Å². The zero-order chi connectivity index (χ0) is 7.11. The molecule has 0 radical (unpaired) electrons. The number of aliphatic hydroxyl groups excluding tert-OH is 1. The van der Waals surface area contributed by atoms with Crippen molar-refractivity contribution in [3.8, 4) is 0 Å². The van der Waals surface area contributed by atoms with Crippen LogP contribution in [0.15, 0.2) is 29.5 Å². The van der Waals surface area contributed by atoms with E-state index < -0.39 is 0 Å². The fraction of sp³-hybridized carbons (Fsp3) is 0.286. The van der Waals surface area contributed by atoms with Gasteiger partial charge >= 0.3 is 0 Å². The Kier molecular flexibility index (Phi) is 4.50. The fourth-order valence-electron chi connectivity index (χ4n) is 0.349. The molecule has 0 aromatic rings. The van der Waals surface area contributed by atoms with Gasteiger partial charge in [-0.05, 0) is 13.0 Å². The molecule has 0 aliphatic rings. The van der Waals surface area contributed by atoms with Gasteiger partial charge in [0.15, 0.2) is 0 Å². The molecule has 2 nitrogen and oxygen atoms in total. The number of aliphatic hydroxyl groups is 1. The van der Waals surface area contributed by atoms with Gasteiger partial charge in [-0.15, -0.1) is 0 Å². The molecule has 0 aromatic heterocycles. The SMILES string of the molecule is C=C/C=C(/O)C=NCC. The first-order chi connectivity index (χ1) is 4.31. The molecule has 9 heavy (non-hydrogen) atoms. The van der Waals surface area contributed by atoms with Crippen LogP contribution in [0.4, 0.5) is 0 Å². The van der Waals surface area contributed by atoms with Gasteiger partial charge in [0.2, 0.25) is 0 Å². The Labute approximate surface area is 55.2 Å². The summed E-state index contributed by atoms with van der Waals surface area (Å²) in [5, 5.41) is 8.82. The van der Waals surface area contributed by atoms with E-state index in [1.165, 1.54) is 18.4 Å². The summed E-state index contributed by atoms with van der Waals surface area (Å²) in [4.78, 5) is 3.80. The quantitative estimate of drug-likeness (QED) is 0.347. The molecule has 0 bridgehead atoms. The van der Waals surface area contributed by atoms with E-state index >= 15 is 0 Å². The largest absolute Gasteiger partial charge is 0.506 e. The molecule has 0 heterocycles. The maximum atomic E-state index is 8.82. The lowest BCUT2D eigenvalue weighted by Crippen LogP contribution is -1.81. The van der Waals surface area contributed by atoms with Crippen LogP contribution in [0.1, 0.15) is 6.92 Å². The molecule has 0 unspecified atom stereocenters. The van der Waals surface area contributed by atoms with Crippen molar-refractivity contribution in [3.05, 3.63) is 24.5 Å². The zero-order valence-corrected chi connectivity index (χ0v) is 5.54. The van der Waals surface area contributed by atoms with E-state index in [0.717, 1.165) is 0 Å². The minimum atomic E-state index is 0.145. The highest BCUT2D eigenvalue weighted by molar-refractivity contribution is 5.75. The summed E-state index contributed by atoms with van der Waals surface area (Å²) >= 11 is 0. The van der Waals surface area contributed by atoms with Crippen molar-refractivity contribution in [2.24, 2.45) is 4.99 Å². The van der Waals surface area contributed by atoms with E-state index in [4.69, 9.17) is 5.11 Å². The van der Waals surface area contributed by atoms with Crippen LogP contribution in [0.2, 0.25) is 0 Å². The second kappa shape index (κ2) is 5.09. The molecule has 0 atom stereocenters. The normalized spacial score (nSPS) is 12.3. The van der Waals surface area contributed by atoms with Gasteiger partial charge in [0.05, 0.1) is 6.21 Å². The number of hydrogen-bond donors (Lipinski definition) is 1. The van der Waals surface area contributed by atoms with Crippen LogP contribution >= 0.6 is 0 Å². The Morgan fingerprint density at radius 1 is 1.78 bits per heavy atom. The van der Waals surface area contributed by atoms with E-state index in [-0.39, 0.29) is 5.76 Å². The van der Waals surface area contributed by atoms with Crippen LogP contribution in [-0.4, -0.2) is 17.9 Å². The predicted octanol–water partition coefficient (Wildman–Crippen LogP) is 1.71. The lowest BCUT2D eigenvalue weighted by Gasteiger charge is -1.84. The molecular formula is C7H11NO. The van der Waals surface area contributed by atoms with E-state index in [0.29, 0.717) is 6.54 Å². The Bertz CT molecular complexity index is 136. The van der Waals surface area contributed by atoms with E-state index in [9.17, 15) is 0 Å². The minimum Gasteiger partial charge on any atom is -0.506 e. The van der Waals surface area contributed by atoms with E-state index in [1.54, 1.807) is 0 Å². The second-order valence-electron chi connectivity index (χ2n) is 1.46. The minimum absolute atomic E-state index is 0.145. The average Bonchev–Trinajstić information content (AvgIpc) is 1.85. The highest BCUT2D eigenvalue weighted by Gasteiger charge is 1.78. The van der Waals surface area contributed by atoms with Gasteiger partial charge in [-0.1, -0.05) is 12.7 Å². The molecule has 0 aliphatic heterocycles. The summed E-state index contributed by atoms with van der Waals surface area (Å²) in [5.74, 6) is 0.145. The van der Waals surface area contributed by atoms with Crippen LogP contribution < -0.4 is 0 Å². The number of allylic oxidation sites excluding steroid dienone is 3. The summed E-state index contributed by atoms with van der Waals surface area (Å²) in [6, 6.07) is 0. The third-order valence-electron chi connectivity index (χ3n) is 0.695. The smallest absolute Gasteiger partial charge is 0.133 e. The lowest BCUT2D eigenvalue weighted by molar-refractivity contribution is 0.446. The molecule has 0 fully saturated rings. The Morgan fingerprint density at radius 3 is 2.89 bits per heavy atom. The topological polar surface area (TPSA) is 32.6 Å². The predicted molar refractivity (Wildman–Crippen MR) is 39.9 cm³/mol. The third kappa shape index (κ3) is 4.81. The first kappa shape index (κ1) is 7.95. The van der Waals surface area contributed by atoms with Crippen LogP contribution in [0.3, 0.4) is 0 Å². The molecule has 0 aliphatic carbocycles. The number of nitrogens with zero attached hydrogens (tertiary/aromatic N) is 1. The molecule has 0 saturated heterocycles. The molecule has 0 rings (SSSR count). The van der Waals surface area contributed by atoms with Crippen molar-refractivity contribution >= 4 is 6.21 Å². The molecule has 0 aromatic carbocycles. The number of hydrogen-bond acceptors (Lipinski definition) is 2. The summed E-state index contributed by atoms with van der Waals surface area (Å²) in [6.07, 6.45) is 4.40. The summed E-state index contributed by atoms with van der Waals surface area (Å²) in [5.41, 5.74) is 0. The van der Waals surface area contributed by atoms with Crippen molar-refractivity contribution in [2.75, 3.05) is 6.54 Å². The first-order valence-corrected chi connectivity index (χ1v) is 2.82. The van der Waals surface area contributed by atoms with Crippen molar-refractivity contribution < 1.29 is 5.11 Å². The van der Waals surface area contributed by atoms with Crippen molar-refractivity contribution in [3.63, 3.8) is 0 Å². The molecule has 0 saturated carbocycles. The summed E-state index contributed by atoms with van der Waals surface area (Å²) in [7, 11) is 0. The monoisotopic (exact) mass is 125 g/mol. The Balaban J connectivity index is 3.74. The van der Waals surface area contributed by atoms with Crippen molar-refractivity contribution in [1.29, 1.82) is 0 Å². The van der Waals surface area contributed by atoms with Gasteiger partial charge in [0.25, 0.3) is 0 Å². The van der Waals surface area contributed by atoms with Gasteiger partial charge in [0.1, 0.15) is 5.76 Å². The first-order valence-electron chi connectivity index (χ1n) is 2.82. The van der Waals surface area contributed by atoms with E-state index in [1.807, 2.05) is 6.92 Å². The second-order valence-corrected chi connectivity index (χ2v) is 1.46. The van der Waals surface area contributed by atoms with Crippen LogP contribution in [0.25, 0.3) is 0 Å². The summed E-state index contributed by atoms with van der Waals surface area (Å²) < 4.78 is 0. The number of rotatable bonds is 3. The van der Waals surface area contributed by atoms with Gasteiger partial charge in [-0.25, -0.2) is 0 Å². The van der Waals surface area contributed by atoms with Gasteiger partial charge < -0.3 is 5.11 Å². The highest BCUT2D eigenvalue weighted by Crippen LogP contribution is 1.82. The van der Waals surface area contributed by atoms with Crippen LogP contribution in [-0.2, 0) is 0 Å². The average molecular weight is 125 g/mol. The van der Waals surface area contributed by atoms with Gasteiger partial charge in [-0.2, -0.15) is 0 Å². The lowest BCUT2D eigenvalue weighted by atomic mass is 10.4. The Hall–Kier alpha value is -1.05. The molecule has 1 N–H and O–H groups in total. The molecule has 0 amide bonds. The van der Waals surface area contributed by atoms with Crippen molar-refractivity contribution in [2.45, 2.75) is 6.92 Å². The van der Waals surface area contributed by atoms with Crippen molar-refractivity contribution in [1.82, 2.24) is 0 Å². The van der Waals surface area contributed by atoms with Gasteiger partial charge in [0, 0.05) is 6.54 Å². The molecular weight excluding hydrogens is 114 g/mol. The number of aliphatic imine (C=N–C) groups is 1. The van der Waals surface area contributed by atoms with Crippen LogP contribution in [0, 0.1) is 0 Å². The molecule has 2 heteroatoms.